The molecule has 1 rings (SSSR count). The molecule has 0 saturated heterocycles. The Morgan fingerprint density at radius 1 is 1.42 bits per heavy atom. The van der Waals surface area contributed by atoms with E-state index in [2.05, 4.69) is 10.0 Å². The Bertz CT molecular complexity index is 560. The fourth-order valence-corrected chi connectivity index (χ4v) is 2.49. The maximum absolute atomic E-state index is 13.5. The molecule has 0 unspecified atom stereocenters. The highest BCUT2D eigenvalue weighted by molar-refractivity contribution is 7.89. The monoisotopic (exact) mass is 289 g/mol. The normalized spacial score (nSPS) is 11.3. The van der Waals surface area contributed by atoms with Gasteiger partial charge in [0.1, 0.15) is 10.7 Å². The lowest BCUT2D eigenvalue weighted by Gasteiger charge is -2.08. The zero-order valence-corrected chi connectivity index (χ0v) is 11.3. The largest absolute Gasteiger partial charge is 0.399 e. The van der Waals surface area contributed by atoms with Crippen LogP contribution in [0, 0.1) is 5.82 Å². The second kappa shape index (κ2) is 6.48. The quantitative estimate of drug-likeness (QED) is 0.652. The van der Waals surface area contributed by atoms with Crippen LogP contribution in [0.25, 0.3) is 0 Å². The highest BCUT2D eigenvalue weighted by atomic mass is 32.2. The van der Waals surface area contributed by atoms with Crippen LogP contribution in [0.5, 0.6) is 0 Å². The SMILES string of the molecule is CCNC(=O)CCNS(=O)(=O)c1ccc(N)cc1F. The molecule has 1 aromatic rings. The fourth-order valence-electron chi connectivity index (χ4n) is 1.40. The molecule has 8 heteroatoms. The van der Waals surface area contributed by atoms with E-state index in [1.165, 1.54) is 6.07 Å². The number of anilines is 1. The smallest absolute Gasteiger partial charge is 0.243 e. The van der Waals surface area contributed by atoms with Gasteiger partial charge in [-0.2, -0.15) is 0 Å². The number of benzene rings is 1. The van der Waals surface area contributed by atoms with Gasteiger partial charge in [-0.25, -0.2) is 17.5 Å². The molecule has 0 fully saturated rings. The summed E-state index contributed by atoms with van der Waals surface area (Å²) >= 11 is 0. The van der Waals surface area contributed by atoms with E-state index in [4.69, 9.17) is 5.73 Å². The van der Waals surface area contributed by atoms with Gasteiger partial charge in [0.2, 0.25) is 15.9 Å². The summed E-state index contributed by atoms with van der Waals surface area (Å²) in [7, 11) is -3.98. The van der Waals surface area contributed by atoms with Crippen molar-refractivity contribution in [3.8, 4) is 0 Å². The van der Waals surface area contributed by atoms with Gasteiger partial charge < -0.3 is 11.1 Å². The number of amides is 1. The maximum atomic E-state index is 13.5. The Morgan fingerprint density at radius 2 is 2.11 bits per heavy atom. The van der Waals surface area contributed by atoms with Crippen LogP contribution in [0.4, 0.5) is 10.1 Å². The van der Waals surface area contributed by atoms with Crippen molar-refractivity contribution >= 4 is 21.6 Å². The van der Waals surface area contributed by atoms with Crippen LogP contribution in [0.3, 0.4) is 0 Å². The molecule has 0 aliphatic heterocycles. The van der Waals surface area contributed by atoms with E-state index >= 15 is 0 Å². The van der Waals surface area contributed by atoms with E-state index in [1.54, 1.807) is 6.92 Å². The topological polar surface area (TPSA) is 101 Å². The molecule has 1 aromatic carbocycles. The summed E-state index contributed by atoms with van der Waals surface area (Å²) in [5.41, 5.74) is 5.47. The molecule has 0 heterocycles. The van der Waals surface area contributed by atoms with Gasteiger partial charge in [0.05, 0.1) is 0 Å². The van der Waals surface area contributed by atoms with Crippen LogP contribution in [0.1, 0.15) is 13.3 Å². The molecule has 0 radical (unpaired) electrons. The summed E-state index contributed by atoms with van der Waals surface area (Å²) < 4.78 is 39.2. The molecule has 0 saturated carbocycles. The molecule has 0 aromatic heterocycles. The molecule has 0 aliphatic carbocycles. The van der Waals surface area contributed by atoms with Crippen molar-refractivity contribution in [2.75, 3.05) is 18.8 Å². The standard InChI is InChI=1S/C11H16FN3O3S/c1-2-14-11(16)5-6-15-19(17,18)10-4-3-8(13)7-9(10)12/h3-4,7,15H,2,5-6,13H2,1H3,(H,14,16). The Morgan fingerprint density at radius 3 is 2.68 bits per heavy atom. The zero-order chi connectivity index (χ0) is 14.5. The Hall–Kier alpha value is -1.67. The number of carbonyl (C=O) groups is 1. The molecule has 4 N–H and O–H groups in total. The lowest BCUT2D eigenvalue weighted by Crippen LogP contribution is -2.31. The highest BCUT2D eigenvalue weighted by Crippen LogP contribution is 2.16. The van der Waals surface area contributed by atoms with Crippen molar-refractivity contribution in [1.82, 2.24) is 10.0 Å². The number of hydrogen-bond donors (Lipinski definition) is 3. The first kappa shape index (κ1) is 15.4. The first-order chi connectivity index (χ1) is 8.86. The lowest BCUT2D eigenvalue weighted by atomic mass is 10.3. The molecule has 6 nitrogen and oxygen atoms in total. The van der Waals surface area contributed by atoms with E-state index < -0.39 is 20.7 Å². The number of sulfonamides is 1. The van der Waals surface area contributed by atoms with Gasteiger partial charge in [0.15, 0.2) is 0 Å². The van der Waals surface area contributed by atoms with Gasteiger partial charge in [0, 0.05) is 25.2 Å². The molecular weight excluding hydrogens is 273 g/mol. The predicted octanol–water partition coefficient (Wildman–Crippen LogP) is 0.212. The summed E-state index contributed by atoms with van der Waals surface area (Å²) in [6, 6.07) is 3.30. The van der Waals surface area contributed by atoms with Gasteiger partial charge in [-0.15, -0.1) is 0 Å². The van der Waals surface area contributed by atoms with Gasteiger partial charge in [-0.05, 0) is 25.1 Å². The molecule has 0 spiro atoms. The molecule has 1 amide bonds. The van der Waals surface area contributed by atoms with Crippen LogP contribution in [-0.4, -0.2) is 27.4 Å². The van der Waals surface area contributed by atoms with Gasteiger partial charge in [-0.1, -0.05) is 0 Å². The van der Waals surface area contributed by atoms with Crippen molar-refractivity contribution in [1.29, 1.82) is 0 Å². The Kier molecular flexibility index (Phi) is 5.25. The van der Waals surface area contributed by atoms with Crippen molar-refractivity contribution in [2.24, 2.45) is 0 Å². The number of nitrogens with one attached hydrogen (secondary N) is 2. The third kappa shape index (κ3) is 4.49. The zero-order valence-electron chi connectivity index (χ0n) is 10.4. The summed E-state index contributed by atoms with van der Waals surface area (Å²) in [5, 5.41) is 2.53. The maximum Gasteiger partial charge on any atom is 0.243 e. The van der Waals surface area contributed by atoms with Crippen molar-refractivity contribution in [3.63, 3.8) is 0 Å². The average Bonchev–Trinajstić information content (AvgIpc) is 2.28. The first-order valence-corrected chi connectivity index (χ1v) is 7.16. The lowest BCUT2D eigenvalue weighted by molar-refractivity contribution is -0.120. The number of rotatable bonds is 6. The van der Waals surface area contributed by atoms with Crippen LogP contribution < -0.4 is 15.8 Å². The Balaban J connectivity index is 2.68. The second-order valence-electron chi connectivity index (χ2n) is 3.79. The summed E-state index contributed by atoms with van der Waals surface area (Å²) in [6.07, 6.45) is -0.0103. The van der Waals surface area contributed by atoms with E-state index in [0.29, 0.717) is 6.54 Å². The molecule has 106 valence electrons. The Labute approximate surface area is 111 Å². The second-order valence-corrected chi connectivity index (χ2v) is 5.53. The predicted molar refractivity (Wildman–Crippen MR) is 69.3 cm³/mol. The molecule has 19 heavy (non-hydrogen) atoms. The minimum atomic E-state index is -3.98. The minimum Gasteiger partial charge on any atom is -0.399 e. The van der Waals surface area contributed by atoms with Gasteiger partial charge >= 0.3 is 0 Å². The highest BCUT2D eigenvalue weighted by Gasteiger charge is 2.18. The van der Waals surface area contributed by atoms with Crippen LogP contribution in [0.15, 0.2) is 23.1 Å². The van der Waals surface area contributed by atoms with Crippen molar-refractivity contribution in [2.45, 2.75) is 18.2 Å². The van der Waals surface area contributed by atoms with E-state index in [1.807, 2.05) is 0 Å². The first-order valence-electron chi connectivity index (χ1n) is 5.68. The van der Waals surface area contributed by atoms with Crippen molar-refractivity contribution < 1.29 is 17.6 Å². The van der Waals surface area contributed by atoms with E-state index in [0.717, 1.165) is 12.1 Å². The number of carbonyl (C=O) groups excluding carboxylic acids is 1. The van der Waals surface area contributed by atoms with Crippen molar-refractivity contribution in [3.05, 3.63) is 24.0 Å². The average molecular weight is 289 g/mol. The summed E-state index contributed by atoms with van der Waals surface area (Å²) in [4.78, 5) is 10.7. The van der Waals surface area contributed by atoms with Crippen LogP contribution >= 0.6 is 0 Å². The molecule has 0 bridgehead atoms. The van der Waals surface area contributed by atoms with Gasteiger partial charge in [-0.3, -0.25) is 4.79 Å². The summed E-state index contributed by atoms with van der Waals surface area (Å²) in [6.45, 7) is 2.13. The molecule has 0 aliphatic rings. The molecule has 0 atom stereocenters. The van der Waals surface area contributed by atoms with Crippen LogP contribution in [-0.2, 0) is 14.8 Å². The van der Waals surface area contributed by atoms with Gasteiger partial charge in [0.25, 0.3) is 0 Å². The minimum absolute atomic E-state index is 0.0103. The third-order valence-corrected chi connectivity index (χ3v) is 3.76. The van der Waals surface area contributed by atoms with E-state index in [9.17, 15) is 17.6 Å². The number of hydrogen-bond acceptors (Lipinski definition) is 4. The third-order valence-electron chi connectivity index (χ3n) is 2.26. The number of nitrogen functional groups attached to an aromatic ring is 1. The van der Waals surface area contributed by atoms with E-state index in [-0.39, 0.29) is 24.6 Å². The number of halogens is 1. The molecular formula is C11H16FN3O3S. The fraction of sp³-hybridized carbons (Fsp3) is 0.364. The van der Waals surface area contributed by atoms with Crippen LogP contribution in [0.2, 0.25) is 0 Å². The number of nitrogens with two attached hydrogens (primary N) is 1. The summed E-state index contributed by atoms with van der Waals surface area (Å²) in [5.74, 6) is -1.20.